The minimum absolute atomic E-state index is 0.525. The lowest BCUT2D eigenvalue weighted by atomic mass is 10.0. The Morgan fingerprint density at radius 3 is 2.28 bits per heavy atom. The van der Waals surface area contributed by atoms with Crippen LogP contribution in [0, 0.1) is 5.92 Å². The van der Waals surface area contributed by atoms with E-state index in [-0.39, 0.29) is 0 Å². The molecule has 0 aliphatic heterocycles. The Balaban J connectivity index is 2.49. The third-order valence-corrected chi connectivity index (χ3v) is 2.77. The fraction of sp³-hybridized carbons (Fsp3) is 0.533. The zero-order valence-corrected chi connectivity index (χ0v) is 11.9. The van der Waals surface area contributed by atoms with Crippen molar-refractivity contribution in [2.45, 2.75) is 40.2 Å². The fourth-order valence-corrected chi connectivity index (χ4v) is 1.55. The van der Waals surface area contributed by atoms with E-state index in [0.717, 1.165) is 6.54 Å². The van der Waals surface area contributed by atoms with Crippen LogP contribution in [-0.2, 0) is 6.54 Å². The highest BCUT2D eigenvalue weighted by atomic mass is 15.1. The summed E-state index contributed by atoms with van der Waals surface area (Å²) in [4.78, 5) is 4.32. The molecular formula is C15H25N3. The number of hydrogen-bond acceptors (Lipinski definition) is 1. The highest BCUT2D eigenvalue weighted by Crippen LogP contribution is 2.14. The molecule has 100 valence electrons. The van der Waals surface area contributed by atoms with Crippen LogP contribution < -0.4 is 11.1 Å². The number of benzene rings is 1. The third-order valence-electron chi connectivity index (χ3n) is 2.77. The van der Waals surface area contributed by atoms with Gasteiger partial charge in [0.2, 0.25) is 0 Å². The highest BCUT2D eigenvalue weighted by molar-refractivity contribution is 5.77. The van der Waals surface area contributed by atoms with Gasteiger partial charge in [-0.25, -0.2) is 4.99 Å². The van der Waals surface area contributed by atoms with Gasteiger partial charge in [0.25, 0.3) is 0 Å². The lowest BCUT2D eigenvalue weighted by molar-refractivity contribution is 0.622. The summed E-state index contributed by atoms with van der Waals surface area (Å²) in [6.45, 7) is 10.2. The van der Waals surface area contributed by atoms with Crippen molar-refractivity contribution in [1.82, 2.24) is 5.32 Å². The van der Waals surface area contributed by atoms with Gasteiger partial charge in [-0.15, -0.1) is 0 Å². The molecule has 0 unspecified atom stereocenters. The number of hydrogen-bond donors (Lipinski definition) is 2. The van der Waals surface area contributed by atoms with E-state index in [0.29, 0.717) is 24.3 Å². The van der Waals surface area contributed by atoms with Crippen LogP contribution in [0.15, 0.2) is 29.3 Å². The van der Waals surface area contributed by atoms with E-state index >= 15 is 0 Å². The van der Waals surface area contributed by atoms with Crippen LogP contribution in [0.3, 0.4) is 0 Å². The maximum atomic E-state index is 5.79. The van der Waals surface area contributed by atoms with Crippen molar-refractivity contribution in [2.75, 3.05) is 6.54 Å². The van der Waals surface area contributed by atoms with Crippen LogP contribution in [0.25, 0.3) is 0 Å². The second kappa shape index (κ2) is 7.04. The van der Waals surface area contributed by atoms with Crippen LogP contribution in [0.2, 0.25) is 0 Å². The Labute approximate surface area is 111 Å². The van der Waals surface area contributed by atoms with Gasteiger partial charge >= 0.3 is 0 Å². The van der Waals surface area contributed by atoms with E-state index < -0.39 is 0 Å². The van der Waals surface area contributed by atoms with E-state index in [4.69, 9.17) is 5.73 Å². The summed E-state index contributed by atoms with van der Waals surface area (Å²) in [7, 11) is 0. The molecule has 0 aromatic heterocycles. The van der Waals surface area contributed by atoms with E-state index in [2.05, 4.69) is 62.3 Å². The van der Waals surface area contributed by atoms with Crippen molar-refractivity contribution in [1.29, 1.82) is 0 Å². The monoisotopic (exact) mass is 247 g/mol. The summed E-state index contributed by atoms with van der Waals surface area (Å²) in [6, 6.07) is 8.56. The molecule has 0 heterocycles. The molecule has 0 aliphatic carbocycles. The van der Waals surface area contributed by atoms with Gasteiger partial charge in [-0.3, -0.25) is 0 Å². The molecule has 0 atom stereocenters. The predicted molar refractivity (Wildman–Crippen MR) is 78.7 cm³/mol. The quantitative estimate of drug-likeness (QED) is 0.621. The molecule has 0 saturated heterocycles. The molecule has 1 aromatic rings. The van der Waals surface area contributed by atoms with Gasteiger partial charge in [-0.05, 0) is 23.0 Å². The van der Waals surface area contributed by atoms with Crippen LogP contribution in [-0.4, -0.2) is 12.5 Å². The third kappa shape index (κ3) is 5.21. The first kappa shape index (κ1) is 14.6. The van der Waals surface area contributed by atoms with Crippen molar-refractivity contribution in [3.05, 3.63) is 35.4 Å². The second-order valence-corrected chi connectivity index (χ2v) is 5.37. The van der Waals surface area contributed by atoms with Crippen molar-refractivity contribution in [2.24, 2.45) is 16.6 Å². The Kier molecular flexibility index (Phi) is 5.69. The molecule has 3 N–H and O–H groups in total. The summed E-state index contributed by atoms with van der Waals surface area (Å²) in [5, 5.41) is 3.11. The summed E-state index contributed by atoms with van der Waals surface area (Å²) >= 11 is 0. The lowest BCUT2D eigenvalue weighted by Crippen LogP contribution is -2.34. The SMILES string of the molecule is CC(C)CNC(N)=NCc1ccc(C(C)C)cc1. The van der Waals surface area contributed by atoms with E-state index in [1.807, 2.05) is 0 Å². The summed E-state index contributed by atoms with van der Waals surface area (Å²) in [5.41, 5.74) is 8.33. The van der Waals surface area contributed by atoms with Crippen molar-refractivity contribution >= 4 is 5.96 Å². The van der Waals surface area contributed by atoms with Crippen molar-refractivity contribution < 1.29 is 0 Å². The Bertz CT molecular complexity index is 377. The van der Waals surface area contributed by atoms with Crippen LogP contribution in [0.1, 0.15) is 44.7 Å². The number of nitrogens with one attached hydrogen (secondary N) is 1. The van der Waals surface area contributed by atoms with Gasteiger partial charge in [0.05, 0.1) is 6.54 Å². The first-order valence-electron chi connectivity index (χ1n) is 6.61. The second-order valence-electron chi connectivity index (χ2n) is 5.37. The molecule has 0 aliphatic rings. The largest absolute Gasteiger partial charge is 0.370 e. The molecule has 0 bridgehead atoms. The molecule has 1 rings (SSSR count). The Morgan fingerprint density at radius 1 is 1.17 bits per heavy atom. The van der Waals surface area contributed by atoms with E-state index in [1.165, 1.54) is 11.1 Å². The number of rotatable bonds is 5. The smallest absolute Gasteiger partial charge is 0.188 e. The molecule has 1 aromatic carbocycles. The average molecular weight is 247 g/mol. The van der Waals surface area contributed by atoms with Gasteiger partial charge in [0, 0.05) is 6.54 Å². The van der Waals surface area contributed by atoms with Gasteiger partial charge in [-0.1, -0.05) is 52.0 Å². The van der Waals surface area contributed by atoms with E-state index in [1.54, 1.807) is 0 Å². The molecule has 18 heavy (non-hydrogen) atoms. The summed E-state index contributed by atoms with van der Waals surface area (Å²) < 4.78 is 0. The minimum Gasteiger partial charge on any atom is -0.370 e. The predicted octanol–water partition coefficient (Wildman–Crippen LogP) is 2.87. The maximum absolute atomic E-state index is 5.79. The molecule has 0 amide bonds. The van der Waals surface area contributed by atoms with Gasteiger partial charge in [-0.2, -0.15) is 0 Å². The first-order chi connectivity index (χ1) is 8.49. The number of aliphatic imine (C=N–C) groups is 1. The van der Waals surface area contributed by atoms with Crippen molar-refractivity contribution in [3.63, 3.8) is 0 Å². The van der Waals surface area contributed by atoms with Crippen LogP contribution >= 0.6 is 0 Å². The van der Waals surface area contributed by atoms with Gasteiger partial charge in [0.15, 0.2) is 5.96 Å². The lowest BCUT2D eigenvalue weighted by Gasteiger charge is -2.08. The van der Waals surface area contributed by atoms with Gasteiger partial charge in [0.1, 0.15) is 0 Å². The Hall–Kier alpha value is -1.51. The molecule has 0 saturated carbocycles. The van der Waals surface area contributed by atoms with Gasteiger partial charge < -0.3 is 11.1 Å². The summed E-state index contributed by atoms with van der Waals surface area (Å²) in [6.07, 6.45) is 0. The zero-order chi connectivity index (χ0) is 13.5. The fourth-order valence-electron chi connectivity index (χ4n) is 1.55. The van der Waals surface area contributed by atoms with Crippen LogP contribution in [0.4, 0.5) is 0 Å². The Morgan fingerprint density at radius 2 is 1.78 bits per heavy atom. The maximum Gasteiger partial charge on any atom is 0.188 e. The molecule has 3 nitrogen and oxygen atoms in total. The number of nitrogens with two attached hydrogens (primary N) is 1. The van der Waals surface area contributed by atoms with E-state index in [9.17, 15) is 0 Å². The zero-order valence-electron chi connectivity index (χ0n) is 11.9. The summed E-state index contributed by atoms with van der Waals surface area (Å²) in [5.74, 6) is 1.67. The molecule has 3 heteroatoms. The normalized spacial score (nSPS) is 12.2. The molecule has 0 radical (unpaired) electrons. The van der Waals surface area contributed by atoms with Crippen LogP contribution in [0.5, 0.6) is 0 Å². The molecular weight excluding hydrogens is 222 g/mol. The highest BCUT2D eigenvalue weighted by Gasteiger charge is 1.99. The topological polar surface area (TPSA) is 50.4 Å². The minimum atomic E-state index is 0.525. The average Bonchev–Trinajstić information content (AvgIpc) is 2.34. The number of guanidine groups is 1. The van der Waals surface area contributed by atoms with Crippen molar-refractivity contribution in [3.8, 4) is 0 Å². The number of nitrogens with zero attached hydrogens (tertiary/aromatic N) is 1. The molecule has 0 spiro atoms. The standard InChI is InChI=1S/C15H25N3/c1-11(2)9-17-15(16)18-10-13-5-7-14(8-6-13)12(3)4/h5-8,11-12H,9-10H2,1-4H3,(H3,16,17,18). The molecule has 0 fully saturated rings. The first-order valence-corrected chi connectivity index (χ1v) is 6.61.